The van der Waals surface area contributed by atoms with Crippen LogP contribution in [0.1, 0.15) is 28.2 Å². The minimum absolute atomic E-state index is 0.178. The zero-order chi connectivity index (χ0) is 14.7. The molecule has 0 unspecified atom stereocenters. The molecule has 1 aromatic carbocycles. The largest absolute Gasteiger partial charge is 0.494 e. The van der Waals surface area contributed by atoms with E-state index in [1.807, 2.05) is 0 Å². The van der Waals surface area contributed by atoms with Crippen molar-refractivity contribution in [2.45, 2.75) is 13.0 Å². The first-order valence-corrected chi connectivity index (χ1v) is 7.10. The van der Waals surface area contributed by atoms with Crippen molar-refractivity contribution in [3.63, 3.8) is 0 Å². The Kier molecular flexibility index (Phi) is 4.62. The van der Waals surface area contributed by atoms with Gasteiger partial charge < -0.3 is 10.1 Å². The Hall–Kier alpha value is -1.59. The molecule has 106 valence electrons. The number of hydrogen-bond donors (Lipinski definition) is 1. The molecule has 0 fully saturated rings. The second kappa shape index (κ2) is 6.24. The van der Waals surface area contributed by atoms with Crippen LogP contribution >= 0.6 is 22.9 Å². The van der Waals surface area contributed by atoms with Gasteiger partial charge in [0.05, 0.1) is 22.4 Å². The fourth-order valence-corrected chi connectivity index (χ4v) is 2.69. The Morgan fingerprint density at radius 3 is 2.70 bits per heavy atom. The third-order valence-electron chi connectivity index (χ3n) is 2.82. The maximum atomic E-state index is 13.6. The van der Waals surface area contributed by atoms with Gasteiger partial charge in [0.2, 0.25) is 0 Å². The summed E-state index contributed by atoms with van der Waals surface area (Å²) in [5.74, 6) is -0.506. The zero-order valence-corrected chi connectivity index (χ0v) is 12.5. The van der Waals surface area contributed by atoms with Crippen molar-refractivity contribution >= 4 is 28.8 Å². The van der Waals surface area contributed by atoms with Crippen LogP contribution in [0, 0.1) is 5.82 Å². The zero-order valence-electron chi connectivity index (χ0n) is 10.9. The van der Waals surface area contributed by atoms with Gasteiger partial charge in [0.1, 0.15) is 0 Å². The van der Waals surface area contributed by atoms with Crippen LogP contribution in [0.25, 0.3) is 0 Å². The maximum Gasteiger partial charge on any atom is 0.261 e. The summed E-state index contributed by atoms with van der Waals surface area (Å²) >= 11 is 6.99. The SMILES string of the molecule is COc1ccc([C@H](C)NC(=O)c2ccc(Cl)s2)cc1F. The predicted octanol–water partition coefficient (Wildman–Crippen LogP) is 4.04. The van der Waals surface area contributed by atoms with Gasteiger partial charge in [-0.3, -0.25) is 4.79 Å². The molecule has 1 atom stereocenters. The van der Waals surface area contributed by atoms with Crippen molar-refractivity contribution in [2.24, 2.45) is 0 Å². The summed E-state index contributed by atoms with van der Waals surface area (Å²) in [6.07, 6.45) is 0. The van der Waals surface area contributed by atoms with Crippen LogP contribution in [0.5, 0.6) is 5.75 Å². The van der Waals surface area contributed by atoms with Gasteiger partial charge in [0, 0.05) is 0 Å². The lowest BCUT2D eigenvalue weighted by Gasteiger charge is -2.14. The molecule has 2 aromatic rings. The van der Waals surface area contributed by atoms with E-state index >= 15 is 0 Å². The van der Waals surface area contributed by atoms with E-state index in [1.54, 1.807) is 25.1 Å². The number of amides is 1. The standard InChI is InChI=1S/C14H13ClFNO2S/c1-8(9-3-4-11(19-2)10(16)7-9)17-14(18)12-5-6-13(15)20-12/h3-8H,1-2H3,(H,17,18)/t8-/m0/s1. The summed E-state index contributed by atoms with van der Waals surface area (Å²) in [6.45, 7) is 1.79. The van der Waals surface area contributed by atoms with Crippen LogP contribution in [0.15, 0.2) is 30.3 Å². The fourth-order valence-electron chi connectivity index (χ4n) is 1.74. The molecular formula is C14H13ClFNO2S. The molecule has 0 aliphatic carbocycles. The molecule has 6 heteroatoms. The van der Waals surface area contributed by atoms with Gasteiger partial charge in [-0.2, -0.15) is 0 Å². The molecule has 1 N–H and O–H groups in total. The molecule has 1 heterocycles. The second-order valence-electron chi connectivity index (χ2n) is 4.19. The number of ether oxygens (including phenoxy) is 1. The summed E-state index contributed by atoms with van der Waals surface area (Å²) in [6, 6.07) is 7.61. The highest BCUT2D eigenvalue weighted by Crippen LogP contribution is 2.24. The van der Waals surface area contributed by atoms with Gasteiger partial charge in [-0.05, 0) is 36.8 Å². The van der Waals surface area contributed by atoms with Crippen LogP contribution in [0.4, 0.5) is 4.39 Å². The Labute approximate surface area is 125 Å². The lowest BCUT2D eigenvalue weighted by molar-refractivity contribution is 0.0944. The number of methoxy groups -OCH3 is 1. The quantitative estimate of drug-likeness (QED) is 0.925. The van der Waals surface area contributed by atoms with E-state index < -0.39 is 5.82 Å². The Morgan fingerprint density at radius 2 is 2.15 bits per heavy atom. The van der Waals surface area contributed by atoms with Crippen LogP contribution in [0.2, 0.25) is 4.34 Å². The van der Waals surface area contributed by atoms with Crippen molar-refractivity contribution in [1.29, 1.82) is 0 Å². The molecule has 1 amide bonds. The van der Waals surface area contributed by atoms with Gasteiger partial charge in [-0.1, -0.05) is 17.7 Å². The average Bonchev–Trinajstić information content (AvgIpc) is 2.85. The molecule has 0 aliphatic heterocycles. The molecule has 0 saturated carbocycles. The van der Waals surface area contributed by atoms with Crippen molar-refractivity contribution in [3.05, 3.63) is 50.9 Å². The highest BCUT2D eigenvalue weighted by molar-refractivity contribution is 7.17. The number of halogens is 2. The van der Waals surface area contributed by atoms with Gasteiger partial charge in [-0.25, -0.2) is 4.39 Å². The van der Waals surface area contributed by atoms with E-state index in [0.29, 0.717) is 14.8 Å². The molecule has 0 spiro atoms. The monoisotopic (exact) mass is 313 g/mol. The number of carbonyl (C=O) groups is 1. The van der Waals surface area contributed by atoms with E-state index in [0.717, 1.165) is 0 Å². The molecule has 0 aliphatic rings. The smallest absolute Gasteiger partial charge is 0.261 e. The summed E-state index contributed by atoms with van der Waals surface area (Å²) in [5.41, 5.74) is 0.666. The summed E-state index contributed by atoms with van der Waals surface area (Å²) < 4.78 is 19.0. The van der Waals surface area contributed by atoms with Crippen LogP contribution in [-0.4, -0.2) is 13.0 Å². The van der Waals surface area contributed by atoms with Gasteiger partial charge in [-0.15, -0.1) is 11.3 Å². The Morgan fingerprint density at radius 1 is 1.40 bits per heavy atom. The highest BCUT2D eigenvalue weighted by atomic mass is 35.5. The fraction of sp³-hybridized carbons (Fsp3) is 0.214. The summed E-state index contributed by atoms with van der Waals surface area (Å²) in [5, 5.41) is 2.80. The maximum absolute atomic E-state index is 13.6. The minimum Gasteiger partial charge on any atom is -0.494 e. The molecule has 1 aromatic heterocycles. The normalized spacial score (nSPS) is 12.0. The summed E-state index contributed by atoms with van der Waals surface area (Å²) in [7, 11) is 1.41. The molecule has 0 bridgehead atoms. The number of nitrogens with one attached hydrogen (secondary N) is 1. The lowest BCUT2D eigenvalue weighted by Crippen LogP contribution is -2.25. The van der Waals surface area contributed by atoms with Crippen molar-refractivity contribution in [3.8, 4) is 5.75 Å². The predicted molar refractivity (Wildman–Crippen MR) is 78.2 cm³/mol. The topological polar surface area (TPSA) is 38.3 Å². The first-order chi connectivity index (χ1) is 9.51. The Bertz CT molecular complexity index is 629. The number of benzene rings is 1. The van der Waals surface area contributed by atoms with E-state index in [2.05, 4.69) is 5.32 Å². The first kappa shape index (κ1) is 14.8. The third kappa shape index (κ3) is 3.29. The highest BCUT2D eigenvalue weighted by Gasteiger charge is 2.14. The molecule has 0 saturated heterocycles. The molecular weight excluding hydrogens is 301 g/mol. The number of carbonyl (C=O) groups excluding carboxylic acids is 1. The number of hydrogen-bond acceptors (Lipinski definition) is 3. The summed E-state index contributed by atoms with van der Waals surface area (Å²) in [4.78, 5) is 12.5. The van der Waals surface area contributed by atoms with E-state index in [1.165, 1.54) is 30.6 Å². The van der Waals surface area contributed by atoms with E-state index in [4.69, 9.17) is 16.3 Å². The van der Waals surface area contributed by atoms with Crippen molar-refractivity contribution in [1.82, 2.24) is 5.32 Å². The molecule has 3 nitrogen and oxygen atoms in total. The van der Waals surface area contributed by atoms with Gasteiger partial charge in [0.15, 0.2) is 11.6 Å². The number of rotatable bonds is 4. The Balaban J connectivity index is 2.10. The van der Waals surface area contributed by atoms with Crippen molar-refractivity contribution in [2.75, 3.05) is 7.11 Å². The molecule has 0 radical (unpaired) electrons. The first-order valence-electron chi connectivity index (χ1n) is 5.91. The van der Waals surface area contributed by atoms with E-state index in [-0.39, 0.29) is 17.7 Å². The van der Waals surface area contributed by atoms with Crippen LogP contribution in [-0.2, 0) is 0 Å². The molecule has 2 rings (SSSR count). The van der Waals surface area contributed by atoms with Crippen LogP contribution < -0.4 is 10.1 Å². The average molecular weight is 314 g/mol. The van der Waals surface area contributed by atoms with E-state index in [9.17, 15) is 9.18 Å². The van der Waals surface area contributed by atoms with Gasteiger partial charge in [0.25, 0.3) is 5.91 Å². The van der Waals surface area contributed by atoms with Crippen LogP contribution in [0.3, 0.4) is 0 Å². The third-order valence-corrected chi connectivity index (χ3v) is 4.05. The second-order valence-corrected chi connectivity index (χ2v) is 5.91. The lowest BCUT2D eigenvalue weighted by atomic mass is 10.1. The minimum atomic E-state index is -0.453. The van der Waals surface area contributed by atoms with Crippen molar-refractivity contribution < 1.29 is 13.9 Å². The van der Waals surface area contributed by atoms with Gasteiger partial charge >= 0.3 is 0 Å². The number of thiophene rings is 1. The molecule has 20 heavy (non-hydrogen) atoms.